The summed E-state index contributed by atoms with van der Waals surface area (Å²) in [6, 6.07) is 28.5. The lowest BCUT2D eigenvalue weighted by Gasteiger charge is -2.20. The van der Waals surface area contributed by atoms with Crippen LogP contribution in [0, 0.1) is 0 Å². The zero-order chi connectivity index (χ0) is 25.3. The number of benzene rings is 4. The van der Waals surface area contributed by atoms with Crippen LogP contribution >= 0.6 is 0 Å². The minimum atomic E-state index is 0.377. The van der Waals surface area contributed by atoms with Gasteiger partial charge in [-0.1, -0.05) is 70.2 Å². The van der Waals surface area contributed by atoms with Crippen molar-refractivity contribution in [3.05, 3.63) is 108 Å². The fraction of sp³-hybridized carbons (Fsp3) is 0.206. The molecule has 3 heterocycles. The lowest BCUT2D eigenvalue weighted by Crippen LogP contribution is -2.30. The second-order valence-electron chi connectivity index (χ2n) is 10.9. The summed E-state index contributed by atoms with van der Waals surface area (Å²) in [5, 5.41) is 2.34. The van der Waals surface area contributed by atoms with Crippen LogP contribution in [0.15, 0.2) is 95.7 Å². The van der Waals surface area contributed by atoms with Gasteiger partial charge >= 0.3 is 0 Å². The van der Waals surface area contributed by atoms with E-state index in [4.69, 9.17) is 4.42 Å². The molecule has 0 atom stereocenters. The van der Waals surface area contributed by atoms with Crippen LogP contribution in [-0.4, -0.2) is 4.57 Å². The van der Waals surface area contributed by atoms with E-state index >= 15 is 0 Å². The maximum atomic E-state index is 6.23. The standard InChI is InChI=1S/C34H31N2O/c1-21(2)29-17-25(23-13-14-28-27-11-7-8-12-31(27)37-32(28)19-23)18-30(22(3)4)33(29)36-16-15-35-20-24-9-5-6-10-26(24)34(35)36/h5-19,21-22H,20H2,1-4H3/q+1. The van der Waals surface area contributed by atoms with Gasteiger partial charge in [-0.05, 0) is 59.4 Å². The monoisotopic (exact) mass is 483 g/mol. The number of nitrogens with zero attached hydrogens (tertiary/aromatic N) is 2. The number of furan rings is 1. The van der Waals surface area contributed by atoms with Gasteiger partial charge in [0.2, 0.25) is 0 Å². The summed E-state index contributed by atoms with van der Waals surface area (Å²) < 4.78 is 11.0. The average Bonchev–Trinajstić information content (AvgIpc) is 3.59. The van der Waals surface area contributed by atoms with E-state index in [0.29, 0.717) is 11.8 Å². The largest absolute Gasteiger partial charge is 0.456 e. The lowest BCUT2D eigenvalue weighted by atomic mass is 9.88. The molecule has 0 radical (unpaired) electrons. The number of hydrogen-bond donors (Lipinski definition) is 0. The first kappa shape index (κ1) is 22.1. The van der Waals surface area contributed by atoms with Gasteiger partial charge in [0.05, 0.1) is 5.56 Å². The van der Waals surface area contributed by atoms with Gasteiger partial charge in [0, 0.05) is 27.5 Å². The highest BCUT2D eigenvalue weighted by molar-refractivity contribution is 6.05. The van der Waals surface area contributed by atoms with E-state index in [0.717, 1.165) is 17.7 Å². The summed E-state index contributed by atoms with van der Waals surface area (Å²) in [5.41, 5.74) is 11.1. The average molecular weight is 484 g/mol. The van der Waals surface area contributed by atoms with Crippen molar-refractivity contribution in [1.29, 1.82) is 0 Å². The van der Waals surface area contributed by atoms with E-state index < -0.39 is 0 Å². The second kappa shape index (κ2) is 8.21. The molecule has 7 rings (SSSR count). The van der Waals surface area contributed by atoms with Crippen molar-refractivity contribution in [2.75, 3.05) is 0 Å². The van der Waals surface area contributed by atoms with Crippen molar-refractivity contribution in [2.45, 2.75) is 46.1 Å². The Morgan fingerprint density at radius 3 is 2.22 bits per heavy atom. The molecular weight excluding hydrogens is 452 g/mol. The molecule has 0 bridgehead atoms. The van der Waals surface area contributed by atoms with Gasteiger partial charge in [-0.3, -0.25) is 0 Å². The van der Waals surface area contributed by atoms with Crippen LogP contribution in [0.4, 0.5) is 0 Å². The Morgan fingerprint density at radius 2 is 1.43 bits per heavy atom. The molecule has 0 saturated carbocycles. The van der Waals surface area contributed by atoms with Crippen LogP contribution in [0.3, 0.4) is 0 Å². The number of hydrogen-bond acceptors (Lipinski definition) is 1. The molecule has 1 aliphatic rings. The number of aromatic nitrogens is 2. The zero-order valence-electron chi connectivity index (χ0n) is 21.8. The predicted molar refractivity (Wildman–Crippen MR) is 151 cm³/mol. The second-order valence-corrected chi connectivity index (χ2v) is 10.9. The molecule has 0 saturated heterocycles. The fourth-order valence-corrected chi connectivity index (χ4v) is 5.99. The van der Waals surface area contributed by atoms with Gasteiger partial charge in [-0.25, -0.2) is 4.57 Å². The molecule has 0 fully saturated rings. The van der Waals surface area contributed by atoms with Crippen molar-refractivity contribution in [1.82, 2.24) is 4.57 Å². The third kappa shape index (κ3) is 3.37. The van der Waals surface area contributed by atoms with Crippen LogP contribution in [0.5, 0.6) is 0 Å². The van der Waals surface area contributed by atoms with Crippen LogP contribution in [-0.2, 0) is 6.54 Å². The Hall–Kier alpha value is -4.11. The molecule has 3 heteroatoms. The van der Waals surface area contributed by atoms with Crippen molar-refractivity contribution in [3.8, 4) is 28.2 Å². The van der Waals surface area contributed by atoms with Gasteiger partial charge in [0.15, 0.2) is 0 Å². The number of rotatable bonds is 4. The van der Waals surface area contributed by atoms with Crippen molar-refractivity contribution < 1.29 is 8.98 Å². The van der Waals surface area contributed by atoms with E-state index in [-0.39, 0.29) is 0 Å². The molecule has 2 aromatic heterocycles. The molecule has 0 N–H and O–H groups in total. The van der Waals surface area contributed by atoms with Gasteiger partial charge in [0.1, 0.15) is 35.8 Å². The van der Waals surface area contributed by atoms with E-state index in [1.807, 2.05) is 12.1 Å². The molecule has 0 aliphatic carbocycles. The lowest BCUT2D eigenvalue weighted by molar-refractivity contribution is -0.671. The third-order valence-corrected chi connectivity index (χ3v) is 7.86. The third-order valence-electron chi connectivity index (χ3n) is 7.86. The van der Waals surface area contributed by atoms with Crippen LogP contribution in [0.25, 0.3) is 50.1 Å². The van der Waals surface area contributed by atoms with E-state index in [2.05, 4.69) is 116 Å². The number of imidazole rings is 1. The van der Waals surface area contributed by atoms with Crippen molar-refractivity contribution >= 4 is 21.9 Å². The first-order valence-corrected chi connectivity index (χ1v) is 13.3. The van der Waals surface area contributed by atoms with Gasteiger partial charge in [-0.15, -0.1) is 0 Å². The maximum Gasteiger partial charge on any atom is 0.294 e. The Morgan fingerprint density at radius 1 is 0.730 bits per heavy atom. The van der Waals surface area contributed by atoms with Crippen molar-refractivity contribution in [2.24, 2.45) is 0 Å². The Labute approximate surface area is 217 Å². The molecule has 182 valence electrons. The maximum absolute atomic E-state index is 6.23. The number of fused-ring (bicyclic) bond motifs is 6. The normalized spacial score (nSPS) is 12.7. The molecule has 0 spiro atoms. The van der Waals surface area contributed by atoms with Crippen LogP contribution in [0.2, 0.25) is 0 Å². The summed E-state index contributed by atoms with van der Waals surface area (Å²) in [5.74, 6) is 2.03. The molecule has 6 aromatic rings. The Balaban J connectivity index is 1.44. The molecule has 3 nitrogen and oxygen atoms in total. The highest BCUT2D eigenvalue weighted by Crippen LogP contribution is 2.40. The summed E-state index contributed by atoms with van der Waals surface area (Å²) in [6.45, 7) is 10.2. The minimum absolute atomic E-state index is 0.377. The summed E-state index contributed by atoms with van der Waals surface area (Å²) in [7, 11) is 0. The molecular formula is C34H31N2O+. The summed E-state index contributed by atoms with van der Waals surface area (Å²) >= 11 is 0. The zero-order valence-corrected chi connectivity index (χ0v) is 21.8. The first-order valence-electron chi connectivity index (χ1n) is 13.3. The first-order chi connectivity index (χ1) is 18.0. The predicted octanol–water partition coefficient (Wildman–Crippen LogP) is 8.61. The molecule has 37 heavy (non-hydrogen) atoms. The van der Waals surface area contributed by atoms with Gasteiger partial charge in [0.25, 0.3) is 5.82 Å². The topological polar surface area (TPSA) is 21.9 Å². The van der Waals surface area contributed by atoms with Gasteiger partial charge in [-0.2, -0.15) is 4.57 Å². The van der Waals surface area contributed by atoms with E-state index in [1.54, 1.807) is 0 Å². The van der Waals surface area contributed by atoms with Crippen LogP contribution < -0.4 is 4.57 Å². The van der Waals surface area contributed by atoms with Gasteiger partial charge < -0.3 is 4.42 Å². The molecule has 0 amide bonds. The Kier molecular flexibility index (Phi) is 4.91. The van der Waals surface area contributed by atoms with Crippen LogP contribution in [0.1, 0.15) is 56.2 Å². The highest BCUT2D eigenvalue weighted by Gasteiger charge is 2.32. The molecule has 4 aromatic carbocycles. The SMILES string of the molecule is CC(C)c1cc(-c2ccc3c(c2)oc2ccccc23)cc(C(C)C)c1-n1cc[n+]2c1-c1ccccc1C2. The minimum Gasteiger partial charge on any atom is -0.456 e. The highest BCUT2D eigenvalue weighted by atomic mass is 16.3. The smallest absolute Gasteiger partial charge is 0.294 e. The Bertz CT molecular complexity index is 1790. The quantitative estimate of drug-likeness (QED) is 0.230. The summed E-state index contributed by atoms with van der Waals surface area (Å²) in [4.78, 5) is 0. The van der Waals surface area contributed by atoms with E-state index in [9.17, 15) is 0 Å². The van der Waals surface area contributed by atoms with Crippen molar-refractivity contribution in [3.63, 3.8) is 0 Å². The van der Waals surface area contributed by atoms with E-state index in [1.165, 1.54) is 55.7 Å². The summed E-state index contributed by atoms with van der Waals surface area (Å²) in [6.07, 6.45) is 4.48. The fourth-order valence-electron chi connectivity index (χ4n) is 5.99. The molecule has 0 unspecified atom stereocenters. The number of para-hydroxylation sites is 1. The molecule has 1 aliphatic heterocycles.